The van der Waals surface area contributed by atoms with Crippen molar-refractivity contribution in [2.45, 2.75) is 30.7 Å². The molecule has 2 amide bonds. The standard InChI is InChI=1S/C16H20FN3O2/c17-13-5-2-1-4-11(13)12-8-20(9-14(18)21)10-16(12)7-3-6-15(22)19-16/h1-2,4-5,12H,3,6-10H2,(H2,18,21)(H,19,22)/t12-,16+/m0/s1. The van der Waals surface area contributed by atoms with Crippen LogP contribution in [0.1, 0.15) is 30.7 Å². The molecule has 0 aliphatic carbocycles. The van der Waals surface area contributed by atoms with Crippen LogP contribution in [0, 0.1) is 5.82 Å². The molecule has 1 aromatic carbocycles. The number of hydrogen-bond donors (Lipinski definition) is 2. The highest BCUT2D eigenvalue weighted by Gasteiger charge is 2.50. The molecular formula is C16H20FN3O2. The summed E-state index contributed by atoms with van der Waals surface area (Å²) in [5, 5.41) is 3.07. The van der Waals surface area contributed by atoms with E-state index in [-0.39, 0.29) is 24.2 Å². The third kappa shape index (κ3) is 2.70. The van der Waals surface area contributed by atoms with Crippen molar-refractivity contribution in [3.05, 3.63) is 35.6 Å². The van der Waals surface area contributed by atoms with Crippen LogP contribution in [0.5, 0.6) is 0 Å². The Morgan fingerprint density at radius 3 is 2.91 bits per heavy atom. The van der Waals surface area contributed by atoms with Gasteiger partial charge in [0.05, 0.1) is 12.1 Å². The Balaban J connectivity index is 1.95. The van der Waals surface area contributed by atoms with Crippen LogP contribution in [0.2, 0.25) is 0 Å². The number of hydrogen-bond acceptors (Lipinski definition) is 3. The Bertz CT molecular complexity index is 607. The fourth-order valence-corrected chi connectivity index (χ4v) is 3.85. The van der Waals surface area contributed by atoms with Crippen LogP contribution in [-0.2, 0) is 9.59 Å². The first kappa shape index (κ1) is 15.0. The molecular weight excluding hydrogens is 285 g/mol. The second-order valence-corrected chi connectivity index (χ2v) is 6.27. The SMILES string of the molecule is NC(=O)CN1C[C@@H](c2ccccc2F)[C@@]2(CCCC(=O)N2)C1. The molecule has 22 heavy (non-hydrogen) atoms. The van der Waals surface area contributed by atoms with Gasteiger partial charge in [0.2, 0.25) is 11.8 Å². The van der Waals surface area contributed by atoms with Gasteiger partial charge in [0.15, 0.2) is 0 Å². The maximum Gasteiger partial charge on any atom is 0.231 e. The van der Waals surface area contributed by atoms with Crippen molar-refractivity contribution in [2.75, 3.05) is 19.6 Å². The maximum absolute atomic E-state index is 14.2. The smallest absolute Gasteiger partial charge is 0.231 e. The molecule has 0 aromatic heterocycles. The third-order valence-electron chi connectivity index (χ3n) is 4.69. The van der Waals surface area contributed by atoms with Gasteiger partial charge >= 0.3 is 0 Å². The van der Waals surface area contributed by atoms with E-state index in [9.17, 15) is 14.0 Å². The second kappa shape index (κ2) is 5.68. The Labute approximate surface area is 128 Å². The van der Waals surface area contributed by atoms with E-state index in [4.69, 9.17) is 5.73 Å². The molecule has 6 heteroatoms. The molecule has 2 saturated heterocycles. The molecule has 5 nitrogen and oxygen atoms in total. The lowest BCUT2D eigenvalue weighted by molar-refractivity contribution is -0.125. The van der Waals surface area contributed by atoms with E-state index in [0.717, 1.165) is 12.8 Å². The number of amides is 2. The summed E-state index contributed by atoms with van der Waals surface area (Å²) in [6.07, 6.45) is 2.07. The highest BCUT2D eigenvalue weighted by Crippen LogP contribution is 2.41. The number of primary amides is 1. The van der Waals surface area contributed by atoms with Gasteiger partial charge in [-0.3, -0.25) is 14.5 Å². The van der Waals surface area contributed by atoms with Gasteiger partial charge in [-0.15, -0.1) is 0 Å². The van der Waals surface area contributed by atoms with Crippen LogP contribution in [0.15, 0.2) is 24.3 Å². The lowest BCUT2D eigenvalue weighted by Gasteiger charge is -2.39. The molecule has 2 heterocycles. The van der Waals surface area contributed by atoms with Gasteiger partial charge in [0.1, 0.15) is 5.82 Å². The summed E-state index contributed by atoms with van der Waals surface area (Å²) in [7, 11) is 0. The maximum atomic E-state index is 14.2. The molecule has 3 N–H and O–H groups in total. The summed E-state index contributed by atoms with van der Waals surface area (Å²) in [6.45, 7) is 1.17. The number of nitrogens with two attached hydrogens (primary N) is 1. The summed E-state index contributed by atoms with van der Waals surface area (Å²) in [5.74, 6) is -0.857. The topological polar surface area (TPSA) is 75.4 Å². The van der Waals surface area contributed by atoms with E-state index in [1.165, 1.54) is 6.07 Å². The van der Waals surface area contributed by atoms with Crippen LogP contribution in [0.3, 0.4) is 0 Å². The van der Waals surface area contributed by atoms with Crippen molar-refractivity contribution < 1.29 is 14.0 Å². The summed E-state index contributed by atoms with van der Waals surface area (Å²) in [5.41, 5.74) is 5.38. The molecule has 2 aliphatic heterocycles. The number of carbonyl (C=O) groups is 2. The van der Waals surface area contributed by atoms with E-state index in [1.807, 2.05) is 4.90 Å². The number of carbonyl (C=O) groups excluding carboxylic acids is 2. The highest BCUT2D eigenvalue weighted by atomic mass is 19.1. The quantitative estimate of drug-likeness (QED) is 0.865. The van der Waals surface area contributed by atoms with Gasteiger partial charge in [0, 0.05) is 25.4 Å². The van der Waals surface area contributed by atoms with Crippen molar-refractivity contribution in [2.24, 2.45) is 5.73 Å². The minimum atomic E-state index is -0.507. The molecule has 1 spiro atoms. The molecule has 118 valence electrons. The Hall–Kier alpha value is -1.95. The van der Waals surface area contributed by atoms with E-state index >= 15 is 0 Å². The largest absolute Gasteiger partial charge is 0.369 e. The molecule has 0 saturated carbocycles. The van der Waals surface area contributed by atoms with Gasteiger partial charge < -0.3 is 11.1 Å². The molecule has 0 radical (unpaired) electrons. The van der Waals surface area contributed by atoms with Crippen molar-refractivity contribution in [3.63, 3.8) is 0 Å². The average molecular weight is 305 g/mol. The number of benzene rings is 1. The Kier molecular flexibility index (Phi) is 3.87. The molecule has 2 aliphatic rings. The van der Waals surface area contributed by atoms with Gasteiger partial charge in [-0.05, 0) is 24.5 Å². The zero-order valence-electron chi connectivity index (χ0n) is 12.3. The molecule has 0 unspecified atom stereocenters. The van der Waals surface area contributed by atoms with Crippen molar-refractivity contribution >= 4 is 11.8 Å². The average Bonchev–Trinajstić information content (AvgIpc) is 2.75. The van der Waals surface area contributed by atoms with Gasteiger partial charge in [-0.25, -0.2) is 4.39 Å². The number of nitrogens with one attached hydrogen (secondary N) is 1. The van der Waals surface area contributed by atoms with Crippen LogP contribution >= 0.6 is 0 Å². The van der Waals surface area contributed by atoms with E-state index in [2.05, 4.69) is 5.32 Å². The first-order chi connectivity index (χ1) is 10.5. The van der Waals surface area contributed by atoms with E-state index in [0.29, 0.717) is 25.1 Å². The molecule has 2 atom stereocenters. The summed E-state index contributed by atoms with van der Waals surface area (Å²) >= 11 is 0. The van der Waals surface area contributed by atoms with Crippen LogP contribution in [0.4, 0.5) is 4.39 Å². The first-order valence-corrected chi connectivity index (χ1v) is 7.56. The minimum Gasteiger partial charge on any atom is -0.369 e. The number of likely N-dealkylation sites (tertiary alicyclic amines) is 1. The number of piperidine rings is 1. The van der Waals surface area contributed by atoms with Crippen LogP contribution < -0.4 is 11.1 Å². The Morgan fingerprint density at radius 1 is 1.45 bits per heavy atom. The summed E-state index contributed by atoms with van der Waals surface area (Å²) in [6, 6.07) is 6.65. The van der Waals surface area contributed by atoms with Crippen LogP contribution in [0.25, 0.3) is 0 Å². The number of halogens is 1. The van der Waals surface area contributed by atoms with Crippen molar-refractivity contribution in [3.8, 4) is 0 Å². The fourth-order valence-electron chi connectivity index (χ4n) is 3.85. The monoisotopic (exact) mass is 305 g/mol. The van der Waals surface area contributed by atoms with Crippen molar-refractivity contribution in [1.29, 1.82) is 0 Å². The van der Waals surface area contributed by atoms with Crippen LogP contribution in [-0.4, -0.2) is 41.9 Å². The van der Waals surface area contributed by atoms with E-state index < -0.39 is 11.4 Å². The Morgan fingerprint density at radius 2 is 2.23 bits per heavy atom. The van der Waals surface area contributed by atoms with Crippen molar-refractivity contribution in [1.82, 2.24) is 10.2 Å². The predicted molar refractivity (Wildman–Crippen MR) is 79.5 cm³/mol. The predicted octanol–water partition coefficient (Wildman–Crippen LogP) is 0.749. The summed E-state index contributed by atoms with van der Waals surface area (Å²) in [4.78, 5) is 25.0. The zero-order chi connectivity index (χ0) is 15.7. The lowest BCUT2D eigenvalue weighted by atomic mass is 9.76. The van der Waals surface area contributed by atoms with E-state index in [1.54, 1.807) is 18.2 Å². The molecule has 0 bridgehead atoms. The lowest BCUT2D eigenvalue weighted by Crippen LogP contribution is -2.56. The molecule has 1 aromatic rings. The number of rotatable bonds is 3. The minimum absolute atomic E-state index is 0.00601. The number of nitrogens with zero attached hydrogens (tertiary/aromatic N) is 1. The zero-order valence-corrected chi connectivity index (χ0v) is 12.3. The van der Waals surface area contributed by atoms with Gasteiger partial charge in [-0.1, -0.05) is 18.2 Å². The normalized spacial score (nSPS) is 28.8. The third-order valence-corrected chi connectivity index (χ3v) is 4.69. The second-order valence-electron chi connectivity index (χ2n) is 6.27. The molecule has 2 fully saturated rings. The first-order valence-electron chi connectivity index (χ1n) is 7.56. The summed E-state index contributed by atoms with van der Waals surface area (Å²) < 4.78 is 14.2. The highest BCUT2D eigenvalue weighted by molar-refractivity contribution is 5.78. The molecule has 3 rings (SSSR count). The van der Waals surface area contributed by atoms with Gasteiger partial charge in [-0.2, -0.15) is 0 Å². The fraction of sp³-hybridized carbons (Fsp3) is 0.500. The van der Waals surface area contributed by atoms with Gasteiger partial charge in [0.25, 0.3) is 0 Å².